The first kappa shape index (κ1) is 13.3. The van der Waals surface area contributed by atoms with E-state index in [4.69, 9.17) is 4.74 Å². The molecular formula is C17H18O2. The molecule has 2 nitrogen and oxygen atoms in total. The molecule has 0 aromatic heterocycles. The zero-order valence-electron chi connectivity index (χ0n) is 11.8. The summed E-state index contributed by atoms with van der Waals surface area (Å²) in [6.45, 7) is 6.24. The molecule has 0 aliphatic rings. The summed E-state index contributed by atoms with van der Waals surface area (Å²) in [7, 11) is 1.60. The van der Waals surface area contributed by atoms with E-state index in [9.17, 15) is 4.79 Å². The molecule has 2 heteroatoms. The van der Waals surface area contributed by atoms with Crippen LogP contribution in [0.4, 0.5) is 0 Å². The van der Waals surface area contributed by atoms with Crippen LogP contribution < -0.4 is 4.74 Å². The van der Waals surface area contributed by atoms with Gasteiger partial charge in [-0.1, -0.05) is 17.7 Å². The van der Waals surface area contributed by atoms with Crippen molar-refractivity contribution < 1.29 is 9.53 Å². The maximum absolute atomic E-state index is 11.3. The molecule has 0 unspecified atom stereocenters. The maximum Gasteiger partial charge on any atom is 0.150 e. The molecule has 0 aliphatic heterocycles. The van der Waals surface area contributed by atoms with E-state index in [0.717, 1.165) is 17.4 Å². The molecule has 0 saturated carbocycles. The van der Waals surface area contributed by atoms with Crippen LogP contribution in [0.5, 0.6) is 5.75 Å². The van der Waals surface area contributed by atoms with Gasteiger partial charge < -0.3 is 4.74 Å². The van der Waals surface area contributed by atoms with Gasteiger partial charge in [-0.15, -0.1) is 0 Å². The first-order valence-corrected chi connectivity index (χ1v) is 6.28. The number of carbonyl (C=O) groups excluding carboxylic acids is 1. The summed E-state index contributed by atoms with van der Waals surface area (Å²) >= 11 is 0. The van der Waals surface area contributed by atoms with Gasteiger partial charge in [0.15, 0.2) is 6.29 Å². The molecule has 2 aromatic carbocycles. The Kier molecular flexibility index (Phi) is 3.70. The second-order valence-electron chi connectivity index (χ2n) is 4.84. The standard InChI is InChI=1S/C17H18O2/c1-11-7-12(2)17(13(3)8-11)16-6-5-15(19-4)9-14(16)10-18/h5-10H,1-4H3. The van der Waals surface area contributed by atoms with Crippen molar-refractivity contribution in [1.29, 1.82) is 0 Å². The van der Waals surface area contributed by atoms with Gasteiger partial charge in [0, 0.05) is 5.56 Å². The van der Waals surface area contributed by atoms with Crippen molar-refractivity contribution in [3.63, 3.8) is 0 Å². The van der Waals surface area contributed by atoms with Crippen LogP contribution in [0.1, 0.15) is 27.0 Å². The lowest BCUT2D eigenvalue weighted by Crippen LogP contribution is -1.95. The van der Waals surface area contributed by atoms with Gasteiger partial charge in [-0.05, 0) is 61.2 Å². The van der Waals surface area contributed by atoms with E-state index in [1.54, 1.807) is 13.2 Å². The van der Waals surface area contributed by atoms with Gasteiger partial charge in [0.25, 0.3) is 0 Å². The number of rotatable bonds is 3. The predicted octanol–water partition coefficient (Wildman–Crippen LogP) is 4.10. The number of hydrogen-bond donors (Lipinski definition) is 0. The molecule has 0 atom stereocenters. The Morgan fingerprint density at radius 2 is 1.63 bits per heavy atom. The summed E-state index contributed by atoms with van der Waals surface area (Å²) in [5.74, 6) is 0.702. The van der Waals surface area contributed by atoms with E-state index in [1.807, 2.05) is 12.1 Å². The van der Waals surface area contributed by atoms with Crippen molar-refractivity contribution >= 4 is 6.29 Å². The molecule has 0 aliphatic carbocycles. The zero-order chi connectivity index (χ0) is 14.0. The lowest BCUT2D eigenvalue weighted by Gasteiger charge is -2.14. The molecule has 0 heterocycles. The van der Waals surface area contributed by atoms with Gasteiger partial charge in [-0.3, -0.25) is 4.79 Å². The molecule has 0 radical (unpaired) electrons. The Morgan fingerprint density at radius 3 is 2.16 bits per heavy atom. The third kappa shape index (κ3) is 2.53. The fourth-order valence-electron chi connectivity index (χ4n) is 2.60. The van der Waals surface area contributed by atoms with E-state index in [1.165, 1.54) is 16.7 Å². The summed E-state index contributed by atoms with van der Waals surface area (Å²) in [4.78, 5) is 11.3. The predicted molar refractivity (Wildman–Crippen MR) is 78.0 cm³/mol. The SMILES string of the molecule is COc1ccc(-c2c(C)cc(C)cc2C)c(C=O)c1. The van der Waals surface area contributed by atoms with Gasteiger partial charge in [-0.2, -0.15) is 0 Å². The van der Waals surface area contributed by atoms with Crippen LogP contribution in [0.15, 0.2) is 30.3 Å². The molecule has 0 amide bonds. The first-order chi connectivity index (χ1) is 9.06. The summed E-state index contributed by atoms with van der Waals surface area (Å²) in [5.41, 5.74) is 6.37. The Hall–Kier alpha value is -2.09. The largest absolute Gasteiger partial charge is 0.497 e. The summed E-state index contributed by atoms with van der Waals surface area (Å²) in [6.07, 6.45) is 0.886. The molecule has 98 valence electrons. The number of aryl methyl sites for hydroxylation is 3. The highest BCUT2D eigenvalue weighted by Crippen LogP contribution is 2.32. The minimum absolute atomic E-state index is 0.661. The molecule has 0 bridgehead atoms. The maximum atomic E-state index is 11.3. The van der Waals surface area contributed by atoms with E-state index >= 15 is 0 Å². The molecule has 2 rings (SSSR count). The average Bonchev–Trinajstić information content (AvgIpc) is 2.37. The Morgan fingerprint density at radius 1 is 1.00 bits per heavy atom. The van der Waals surface area contributed by atoms with Crippen LogP contribution >= 0.6 is 0 Å². The van der Waals surface area contributed by atoms with Crippen molar-refractivity contribution in [3.05, 3.63) is 52.6 Å². The third-order valence-electron chi connectivity index (χ3n) is 3.33. The molecular weight excluding hydrogens is 236 g/mol. The number of benzene rings is 2. The molecule has 2 aromatic rings. The smallest absolute Gasteiger partial charge is 0.150 e. The van der Waals surface area contributed by atoms with E-state index in [2.05, 4.69) is 32.9 Å². The van der Waals surface area contributed by atoms with Gasteiger partial charge in [-0.25, -0.2) is 0 Å². The zero-order valence-corrected chi connectivity index (χ0v) is 11.8. The Balaban J connectivity index is 2.68. The number of carbonyl (C=O) groups is 1. The lowest BCUT2D eigenvalue weighted by atomic mass is 9.91. The molecule has 19 heavy (non-hydrogen) atoms. The molecule has 0 spiro atoms. The molecule has 0 fully saturated rings. The highest BCUT2D eigenvalue weighted by molar-refractivity contribution is 5.90. The fraction of sp³-hybridized carbons (Fsp3) is 0.235. The summed E-state index contributed by atoms with van der Waals surface area (Å²) in [6, 6.07) is 9.90. The monoisotopic (exact) mass is 254 g/mol. The van der Waals surface area contributed by atoms with Gasteiger partial charge in [0.05, 0.1) is 7.11 Å². The lowest BCUT2D eigenvalue weighted by molar-refractivity contribution is 0.112. The second kappa shape index (κ2) is 5.27. The first-order valence-electron chi connectivity index (χ1n) is 6.28. The Labute approximate surface area is 114 Å². The highest BCUT2D eigenvalue weighted by Gasteiger charge is 2.11. The van der Waals surface area contributed by atoms with Crippen molar-refractivity contribution in [2.24, 2.45) is 0 Å². The number of aldehydes is 1. The van der Waals surface area contributed by atoms with Crippen LogP contribution in [0, 0.1) is 20.8 Å². The summed E-state index contributed by atoms with van der Waals surface area (Å²) in [5, 5.41) is 0. The molecule has 0 saturated heterocycles. The normalized spacial score (nSPS) is 10.3. The van der Waals surface area contributed by atoms with Gasteiger partial charge in [0.1, 0.15) is 5.75 Å². The number of hydrogen-bond acceptors (Lipinski definition) is 2. The Bertz CT molecular complexity index is 604. The quantitative estimate of drug-likeness (QED) is 0.771. The number of methoxy groups -OCH3 is 1. The summed E-state index contributed by atoms with van der Waals surface area (Å²) < 4.78 is 5.17. The van der Waals surface area contributed by atoms with Crippen LogP contribution in [0.25, 0.3) is 11.1 Å². The van der Waals surface area contributed by atoms with Gasteiger partial charge in [0.2, 0.25) is 0 Å². The van der Waals surface area contributed by atoms with E-state index in [0.29, 0.717) is 11.3 Å². The third-order valence-corrected chi connectivity index (χ3v) is 3.33. The fourth-order valence-corrected chi connectivity index (χ4v) is 2.60. The van der Waals surface area contributed by atoms with Crippen molar-refractivity contribution in [2.45, 2.75) is 20.8 Å². The van der Waals surface area contributed by atoms with Crippen LogP contribution in [0.3, 0.4) is 0 Å². The van der Waals surface area contributed by atoms with Crippen molar-refractivity contribution in [3.8, 4) is 16.9 Å². The molecule has 0 N–H and O–H groups in total. The van der Waals surface area contributed by atoms with Crippen LogP contribution in [0.2, 0.25) is 0 Å². The topological polar surface area (TPSA) is 26.3 Å². The van der Waals surface area contributed by atoms with E-state index in [-0.39, 0.29) is 0 Å². The van der Waals surface area contributed by atoms with Crippen molar-refractivity contribution in [2.75, 3.05) is 7.11 Å². The highest BCUT2D eigenvalue weighted by atomic mass is 16.5. The minimum atomic E-state index is 0.661. The number of ether oxygens (including phenoxy) is 1. The minimum Gasteiger partial charge on any atom is -0.497 e. The van der Waals surface area contributed by atoms with Crippen LogP contribution in [-0.4, -0.2) is 13.4 Å². The van der Waals surface area contributed by atoms with E-state index < -0.39 is 0 Å². The average molecular weight is 254 g/mol. The van der Waals surface area contributed by atoms with Gasteiger partial charge >= 0.3 is 0 Å². The van der Waals surface area contributed by atoms with Crippen LogP contribution in [-0.2, 0) is 0 Å². The second-order valence-corrected chi connectivity index (χ2v) is 4.84. The van der Waals surface area contributed by atoms with Crippen molar-refractivity contribution in [1.82, 2.24) is 0 Å².